The van der Waals surface area contributed by atoms with Gasteiger partial charge >= 0.3 is 0 Å². The molecule has 0 amide bonds. The molecule has 0 unspecified atom stereocenters. The molecule has 0 fully saturated rings. The average Bonchev–Trinajstić information content (AvgIpc) is 2.51. The van der Waals surface area contributed by atoms with Crippen LogP contribution in [-0.2, 0) is 0 Å². The third-order valence-corrected chi connectivity index (χ3v) is 4.38. The summed E-state index contributed by atoms with van der Waals surface area (Å²) in [5.41, 5.74) is 1.31. The standard InChI is InChI=1S/C10H9ClS2/c1-6-3-4-8(12-2)9-7(11)5-13-10(6)9/h3-5H,1-2H3. The zero-order valence-corrected chi connectivity index (χ0v) is 9.82. The van der Waals surface area contributed by atoms with E-state index in [9.17, 15) is 0 Å². The molecule has 0 saturated heterocycles. The molecule has 1 heterocycles. The Labute approximate surface area is 90.9 Å². The molecule has 0 spiro atoms. The molecule has 0 atom stereocenters. The van der Waals surface area contributed by atoms with E-state index in [0.717, 1.165) is 5.02 Å². The van der Waals surface area contributed by atoms with Gasteiger partial charge < -0.3 is 0 Å². The van der Waals surface area contributed by atoms with Crippen molar-refractivity contribution in [3.63, 3.8) is 0 Å². The first-order chi connectivity index (χ1) is 6.24. The van der Waals surface area contributed by atoms with Crippen molar-refractivity contribution in [2.75, 3.05) is 6.26 Å². The van der Waals surface area contributed by atoms with Crippen molar-refractivity contribution < 1.29 is 0 Å². The molecule has 0 N–H and O–H groups in total. The Balaban J connectivity index is 2.88. The molecule has 68 valence electrons. The van der Waals surface area contributed by atoms with E-state index in [1.54, 1.807) is 23.1 Å². The van der Waals surface area contributed by atoms with Gasteiger partial charge in [-0.2, -0.15) is 0 Å². The summed E-state index contributed by atoms with van der Waals surface area (Å²) >= 11 is 9.60. The number of hydrogen-bond donors (Lipinski definition) is 0. The van der Waals surface area contributed by atoms with Crippen LogP contribution in [0.4, 0.5) is 0 Å². The van der Waals surface area contributed by atoms with E-state index in [2.05, 4.69) is 25.3 Å². The van der Waals surface area contributed by atoms with Gasteiger partial charge in [-0.1, -0.05) is 17.7 Å². The minimum absolute atomic E-state index is 0.882. The van der Waals surface area contributed by atoms with Gasteiger partial charge in [0.25, 0.3) is 0 Å². The summed E-state index contributed by atoms with van der Waals surface area (Å²) in [5, 5.41) is 4.12. The number of rotatable bonds is 1. The Morgan fingerprint density at radius 2 is 2.15 bits per heavy atom. The lowest BCUT2D eigenvalue weighted by Crippen LogP contribution is -1.76. The van der Waals surface area contributed by atoms with Crippen LogP contribution in [0.3, 0.4) is 0 Å². The average molecular weight is 229 g/mol. The van der Waals surface area contributed by atoms with Crippen molar-refractivity contribution in [2.45, 2.75) is 11.8 Å². The maximum atomic E-state index is 6.13. The van der Waals surface area contributed by atoms with Gasteiger partial charge in [-0.3, -0.25) is 0 Å². The predicted octanol–water partition coefficient (Wildman–Crippen LogP) is 4.59. The molecule has 0 aliphatic rings. The molecule has 0 bridgehead atoms. The molecule has 13 heavy (non-hydrogen) atoms. The third kappa shape index (κ3) is 1.47. The normalized spacial score (nSPS) is 11.0. The smallest absolute Gasteiger partial charge is 0.0603 e. The van der Waals surface area contributed by atoms with Crippen molar-refractivity contribution in [2.24, 2.45) is 0 Å². The van der Waals surface area contributed by atoms with Crippen molar-refractivity contribution in [1.82, 2.24) is 0 Å². The highest BCUT2D eigenvalue weighted by molar-refractivity contribution is 7.98. The first-order valence-corrected chi connectivity index (χ1v) is 6.42. The molecule has 1 aromatic carbocycles. The fourth-order valence-corrected chi connectivity index (χ4v) is 3.44. The lowest BCUT2D eigenvalue weighted by molar-refractivity contribution is 1.48. The molecule has 0 nitrogen and oxygen atoms in total. The van der Waals surface area contributed by atoms with Crippen molar-refractivity contribution in [1.29, 1.82) is 0 Å². The number of benzene rings is 1. The van der Waals surface area contributed by atoms with Crippen LogP contribution in [0.5, 0.6) is 0 Å². The lowest BCUT2D eigenvalue weighted by atomic mass is 10.2. The van der Waals surface area contributed by atoms with Gasteiger partial charge in [0.15, 0.2) is 0 Å². The molecule has 0 radical (unpaired) electrons. The number of hydrogen-bond acceptors (Lipinski definition) is 2. The Bertz CT molecular complexity index is 445. The Hall–Kier alpha value is -0.180. The lowest BCUT2D eigenvalue weighted by Gasteiger charge is -2.01. The minimum Gasteiger partial charge on any atom is -0.142 e. The number of thioether (sulfide) groups is 1. The summed E-state index contributed by atoms with van der Waals surface area (Å²) < 4.78 is 1.32. The van der Waals surface area contributed by atoms with E-state index in [4.69, 9.17) is 11.6 Å². The van der Waals surface area contributed by atoms with Gasteiger partial charge in [0.05, 0.1) is 5.02 Å². The minimum atomic E-state index is 0.882. The summed E-state index contributed by atoms with van der Waals surface area (Å²) in [4.78, 5) is 1.27. The summed E-state index contributed by atoms with van der Waals surface area (Å²) in [7, 11) is 0. The zero-order chi connectivity index (χ0) is 9.42. The molecular formula is C10H9ClS2. The van der Waals surface area contributed by atoms with Crippen molar-refractivity contribution in [3.8, 4) is 0 Å². The van der Waals surface area contributed by atoms with E-state index in [1.807, 2.05) is 5.38 Å². The highest BCUT2D eigenvalue weighted by Crippen LogP contribution is 2.38. The van der Waals surface area contributed by atoms with Crippen molar-refractivity contribution >= 4 is 44.8 Å². The second kappa shape index (κ2) is 3.52. The van der Waals surface area contributed by atoms with Gasteiger partial charge in [-0.25, -0.2) is 0 Å². The van der Waals surface area contributed by atoms with Crippen LogP contribution >= 0.6 is 34.7 Å². The maximum absolute atomic E-state index is 6.13. The summed E-state index contributed by atoms with van der Waals surface area (Å²) in [5.74, 6) is 0. The Kier molecular flexibility index (Phi) is 2.54. The quantitative estimate of drug-likeness (QED) is 0.644. The fourth-order valence-electron chi connectivity index (χ4n) is 1.39. The monoisotopic (exact) mass is 228 g/mol. The number of halogens is 1. The zero-order valence-electron chi connectivity index (χ0n) is 7.43. The van der Waals surface area contributed by atoms with Crippen LogP contribution in [0.2, 0.25) is 5.02 Å². The number of thiophene rings is 1. The Morgan fingerprint density at radius 1 is 1.38 bits per heavy atom. The Morgan fingerprint density at radius 3 is 2.85 bits per heavy atom. The summed E-state index contributed by atoms with van der Waals surface area (Å²) in [6.07, 6.45) is 2.08. The first-order valence-electron chi connectivity index (χ1n) is 3.94. The van der Waals surface area contributed by atoms with E-state index in [0.29, 0.717) is 0 Å². The number of fused-ring (bicyclic) bond motifs is 1. The van der Waals surface area contributed by atoms with Crippen LogP contribution in [-0.4, -0.2) is 6.26 Å². The second-order valence-corrected chi connectivity index (χ2v) is 5.01. The van der Waals surface area contributed by atoms with Gasteiger partial charge in [-0.15, -0.1) is 23.1 Å². The predicted molar refractivity (Wildman–Crippen MR) is 63.4 cm³/mol. The molecule has 0 aliphatic carbocycles. The van der Waals surface area contributed by atoms with E-state index >= 15 is 0 Å². The summed E-state index contributed by atoms with van der Waals surface area (Å²) in [6, 6.07) is 4.29. The van der Waals surface area contributed by atoms with Gasteiger partial charge in [0.2, 0.25) is 0 Å². The molecule has 3 heteroatoms. The van der Waals surface area contributed by atoms with Crippen LogP contribution in [0.25, 0.3) is 10.1 Å². The molecule has 2 rings (SSSR count). The molecule has 2 aromatic rings. The van der Waals surface area contributed by atoms with Gasteiger partial charge in [0, 0.05) is 20.4 Å². The SMILES string of the molecule is CSc1ccc(C)c2scc(Cl)c12. The number of aryl methyl sites for hydroxylation is 1. The topological polar surface area (TPSA) is 0 Å². The van der Waals surface area contributed by atoms with E-state index in [1.165, 1.54) is 20.5 Å². The molecule has 1 aromatic heterocycles. The third-order valence-electron chi connectivity index (χ3n) is 2.06. The second-order valence-electron chi connectivity index (χ2n) is 2.87. The highest BCUT2D eigenvalue weighted by atomic mass is 35.5. The summed E-state index contributed by atoms with van der Waals surface area (Å²) in [6.45, 7) is 2.12. The maximum Gasteiger partial charge on any atom is 0.0603 e. The van der Waals surface area contributed by atoms with Crippen LogP contribution in [0, 0.1) is 6.92 Å². The van der Waals surface area contributed by atoms with Gasteiger partial charge in [0.1, 0.15) is 0 Å². The van der Waals surface area contributed by atoms with Crippen molar-refractivity contribution in [3.05, 3.63) is 28.1 Å². The fraction of sp³-hybridized carbons (Fsp3) is 0.200. The highest BCUT2D eigenvalue weighted by Gasteiger charge is 2.08. The molecule has 0 saturated carbocycles. The molecular weight excluding hydrogens is 220 g/mol. The van der Waals surface area contributed by atoms with Crippen LogP contribution in [0.15, 0.2) is 22.4 Å². The van der Waals surface area contributed by atoms with Crippen LogP contribution < -0.4 is 0 Å². The first kappa shape index (κ1) is 9.38. The van der Waals surface area contributed by atoms with E-state index < -0.39 is 0 Å². The van der Waals surface area contributed by atoms with E-state index in [-0.39, 0.29) is 0 Å². The van der Waals surface area contributed by atoms with Crippen LogP contribution in [0.1, 0.15) is 5.56 Å². The molecule has 0 aliphatic heterocycles. The largest absolute Gasteiger partial charge is 0.142 e. The van der Waals surface area contributed by atoms with Gasteiger partial charge in [-0.05, 0) is 24.8 Å².